The summed E-state index contributed by atoms with van der Waals surface area (Å²) in [7, 11) is 1.34. The number of rotatable bonds is 4. The van der Waals surface area contributed by atoms with Crippen LogP contribution >= 0.6 is 11.8 Å². The van der Waals surface area contributed by atoms with Crippen LogP contribution in [0, 0.1) is 0 Å². The van der Waals surface area contributed by atoms with Gasteiger partial charge in [-0.1, -0.05) is 6.92 Å². The molecule has 1 N–H and O–H groups in total. The summed E-state index contributed by atoms with van der Waals surface area (Å²) < 4.78 is 4.55. The fourth-order valence-corrected chi connectivity index (χ4v) is 0.860. The molecule has 0 aliphatic rings. The van der Waals surface area contributed by atoms with Gasteiger partial charge in [0.1, 0.15) is 0 Å². The standard InChI is InChI=1S/C6H10O3S/c1-3-10-4-5(9-2)6(7)8/h4H,3H2,1-2H3,(H,7,8)/b5-4-. The van der Waals surface area contributed by atoms with Gasteiger partial charge in [0.2, 0.25) is 5.76 Å². The van der Waals surface area contributed by atoms with E-state index in [4.69, 9.17) is 5.11 Å². The summed E-state index contributed by atoms with van der Waals surface area (Å²) in [6, 6.07) is 0. The molecule has 58 valence electrons. The number of aliphatic carboxylic acids is 1. The molecule has 0 rings (SSSR count). The Bertz CT molecular complexity index is 142. The van der Waals surface area contributed by atoms with Gasteiger partial charge in [0.05, 0.1) is 7.11 Å². The Balaban J connectivity index is 3.91. The second-order valence-corrected chi connectivity index (χ2v) is 2.59. The number of hydrogen-bond donors (Lipinski definition) is 1. The molecule has 0 radical (unpaired) electrons. The van der Waals surface area contributed by atoms with E-state index in [0.717, 1.165) is 5.75 Å². The van der Waals surface area contributed by atoms with Crippen molar-refractivity contribution in [3.05, 3.63) is 11.2 Å². The van der Waals surface area contributed by atoms with Crippen molar-refractivity contribution in [2.75, 3.05) is 12.9 Å². The van der Waals surface area contributed by atoms with Crippen LogP contribution in [0.5, 0.6) is 0 Å². The van der Waals surface area contributed by atoms with E-state index in [9.17, 15) is 4.79 Å². The van der Waals surface area contributed by atoms with Crippen LogP contribution in [0.1, 0.15) is 6.92 Å². The van der Waals surface area contributed by atoms with Crippen molar-refractivity contribution in [3.63, 3.8) is 0 Å². The summed E-state index contributed by atoms with van der Waals surface area (Å²) in [5, 5.41) is 9.88. The molecule has 0 aromatic heterocycles. The second-order valence-electron chi connectivity index (χ2n) is 1.45. The van der Waals surface area contributed by atoms with Gasteiger partial charge in [0, 0.05) is 5.41 Å². The molecule has 0 amide bonds. The van der Waals surface area contributed by atoms with Crippen molar-refractivity contribution in [2.24, 2.45) is 0 Å². The molecule has 0 atom stereocenters. The van der Waals surface area contributed by atoms with Crippen molar-refractivity contribution in [3.8, 4) is 0 Å². The zero-order valence-electron chi connectivity index (χ0n) is 5.96. The van der Waals surface area contributed by atoms with E-state index >= 15 is 0 Å². The lowest BCUT2D eigenvalue weighted by atomic mass is 10.6. The summed E-state index contributed by atoms with van der Waals surface area (Å²) in [5.41, 5.74) is 0. The van der Waals surface area contributed by atoms with E-state index in [0.29, 0.717) is 0 Å². The number of thioether (sulfide) groups is 1. The Morgan fingerprint density at radius 2 is 2.40 bits per heavy atom. The quantitative estimate of drug-likeness (QED) is 0.500. The predicted octanol–water partition coefficient (Wildman–Crippen LogP) is 1.31. The Kier molecular flexibility index (Phi) is 4.84. The maximum absolute atomic E-state index is 10.2. The van der Waals surface area contributed by atoms with Crippen LogP contribution in [0.4, 0.5) is 0 Å². The Morgan fingerprint density at radius 3 is 2.70 bits per heavy atom. The molecule has 0 saturated carbocycles. The number of carbonyl (C=O) groups is 1. The van der Waals surface area contributed by atoms with Gasteiger partial charge < -0.3 is 9.84 Å². The van der Waals surface area contributed by atoms with E-state index in [-0.39, 0.29) is 5.76 Å². The van der Waals surface area contributed by atoms with Gasteiger partial charge in [-0.3, -0.25) is 0 Å². The van der Waals surface area contributed by atoms with Crippen molar-refractivity contribution < 1.29 is 14.6 Å². The van der Waals surface area contributed by atoms with Crippen LogP contribution in [-0.4, -0.2) is 23.9 Å². The van der Waals surface area contributed by atoms with Crippen molar-refractivity contribution in [2.45, 2.75) is 6.92 Å². The first-order valence-corrected chi connectivity index (χ1v) is 3.86. The second kappa shape index (κ2) is 5.17. The first kappa shape index (κ1) is 9.36. The fraction of sp³-hybridized carbons (Fsp3) is 0.500. The largest absolute Gasteiger partial charge is 0.490 e. The van der Waals surface area contributed by atoms with Crippen LogP contribution in [0.15, 0.2) is 11.2 Å². The van der Waals surface area contributed by atoms with Gasteiger partial charge in [-0.15, -0.1) is 11.8 Å². The minimum atomic E-state index is -1.02. The summed E-state index contributed by atoms with van der Waals surface area (Å²) in [6.07, 6.45) is 0. The third-order valence-corrected chi connectivity index (χ3v) is 1.50. The minimum Gasteiger partial charge on any atom is -0.490 e. The molecular formula is C6H10O3S. The predicted molar refractivity (Wildman–Crippen MR) is 40.9 cm³/mol. The lowest BCUT2D eigenvalue weighted by Crippen LogP contribution is -2.01. The molecule has 0 aromatic carbocycles. The van der Waals surface area contributed by atoms with E-state index in [1.807, 2.05) is 6.92 Å². The molecule has 0 fully saturated rings. The van der Waals surface area contributed by atoms with Crippen LogP contribution in [0.25, 0.3) is 0 Å². The molecule has 0 aromatic rings. The molecule has 0 aliphatic carbocycles. The average molecular weight is 162 g/mol. The monoisotopic (exact) mass is 162 g/mol. The Morgan fingerprint density at radius 1 is 1.80 bits per heavy atom. The van der Waals surface area contributed by atoms with Crippen molar-refractivity contribution >= 4 is 17.7 Å². The summed E-state index contributed by atoms with van der Waals surface area (Å²) in [4.78, 5) is 10.2. The zero-order valence-corrected chi connectivity index (χ0v) is 6.77. The number of carboxylic acids is 1. The average Bonchev–Trinajstić information content (AvgIpc) is 1.89. The molecular weight excluding hydrogens is 152 g/mol. The van der Waals surface area contributed by atoms with E-state index < -0.39 is 5.97 Å². The fourth-order valence-electron chi connectivity index (χ4n) is 0.345. The molecule has 0 heterocycles. The Hall–Kier alpha value is -0.640. The number of carboxylic acid groups (broad SMARTS) is 1. The molecule has 4 heteroatoms. The van der Waals surface area contributed by atoms with Crippen LogP contribution < -0.4 is 0 Å². The molecule has 0 aliphatic heterocycles. The van der Waals surface area contributed by atoms with Gasteiger partial charge >= 0.3 is 5.97 Å². The zero-order chi connectivity index (χ0) is 7.98. The lowest BCUT2D eigenvalue weighted by molar-refractivity contribution is -0.136. The van der Waals surface area contributed by atoms with Crippen molar-refractivity contribution in [1.82, 2.24) is 0 Å². The topological polar surface area (TPSA) is 46.5 Å². The highest BCUT2D eigenvalue weighted by Crippen LogP contribution is 2.06. The third kappa shape index (κ3) is 3.40. The minimum absolute atomic E-state index is 0.00755. The highest BCUT2D eigenvalue weighted by Gasteiger charge is 2.04. The van der Waals surface area contributed by atoms with Crippen LogP contribution in [-0.2, 0) is 9.53 Å². The molecule has 0 saturated heterocycles. The number of methoxy groups -OCH3 is 1. The maximum Gasteiger partial charge on any atom is 0.371 e. The molecule has 0 bridgehead atoms. The molecule has 10 heavy (non-hydrogen) atoms. The first-order chi connectivity index (χ1) is 4.72. The molecule has 3 nitrogen and oxygen atoms in total. The van der Waals surface area contributed by atoms with E-state index in [1.165, 1.54) is 24.3 Å². The lowest BCUT2D eigenvalue weighted by Gasteiger charge is -1.97. The van der Waals surface area contributed by atoms with Gasteiger partial charge in [-0.05, 0) is 5.75 Å². The summed E-state index contributed by atoms with van der Waals surface area (Å²) in [6.45, 7) is 1.94. The summed E-state index contributed by atoms with van der Waals surface area (Å²) in [5.74, 6) is -0.185. The highest BCUT2D eigenvalue weighted by atomic mass is 32.2. The highest BCUT2D eigenvalue weighted by molar-refractivity contribution is 8.02. The summed E-state index contributed by atoms with van der Waals surface area (Å²) >= 11 is 1.40. The third-order valence-electron chi connectivity index (χ3n) is 0.788. The van der Waals surface area contributed by atoms with Gasteiger partial charge in [-0.25, -0.2) is 4.79 Å². The number of ether oxygens (including phenoxy) is 1. The van der Waals surface area contributed by atoms with Gasteiger partial charge in [0.25, 0.3) is 0 Å². The number of hydrogen-bond acceptors (Lipinski definition) is 3. The van der Waals surface area contributed by atoms with Crippen molar-refractivity contribution in [1.29, 1.82) is 0 Å². The SMILES string of the molecule is CCS/C=C(\OC)C(=O)O. The smallest absolute Gasteiger partial charge is 0.371 e. The normalized spacial score (nSPS) is 11.2. The van der Waals surface area contributed by atoms with E-state index in [1.54, 1.807) is 0 Å². The Labute approximate surface area is 64.1 Å². The molecule has 0 spiro atoms. The van der Waals surface area contributed by atoms with Gasteiger partial charge in [0.15, 0.2) is 0 Å². The van der Waals surface area contributed by atoms with Crippen LogP contribution in [0.2, 0.25) is 0 Å². The molecule has 0 unspecified atom stereocenters. The first-order valence-electron chi connectivity index (χ1n) is 2.81. The van der Waals surface area contributed by atoms with Gasteiger partial charge in [-0.2, -0.15) is 0 Å². The van der Waals surface area contributed by atoms with E-state index in [2.05, 4.69) is 4.74 Å². The maximum atomic E-state index is 10.2. The van der Waals surface area contributed by atoms with Crippen LogP contribution in [0.3, 0.4) is 0 Å².